The van der Waals surface area contributed by atoms with E-state index in [4.69, 9.17) is 34.1 Å². The summed E-state index contributed by atoms with van der Waals surface area (Å²) in [5, 5.41) is 0.0907. The molecule has 0 saturated heterocycles. The van der Waals surface area contributed by atoms with Gasteiger partial charge in [-0.1, -0.05) is 11.6 Å². The maximum absolute atomic E-state index is 10.9. The summed E-state index contributed by atoms with van der Waals surface area (Å²) in [5.74, 6) is -0.0349. The van der Waals surface area contributed by atoms with Crippen molar-refractivity contribution in [2.24, 2.45) is 0 Å². The third-order valence-corrected chi connectivity index (χ3v) is 2.68. The summed E-state index contributed by atoms with van der Waals surface area (Å²) in [7, 11) is -4.30. The Labute approximate surface area is 90.1 Å². The molecule has 1 aromatic rings. The molecule has 0 amide bonds. The van der Waals surface area contributed by atoms with Crippen molar-refractivity contribution in [3.8, 4) is 5.75 Å². The fourth-order valence-electron chi connectivity index (χ4n) is 0.729. The molecule has 0 radical (unpaired) electrons. The molecular weight excluding hydrogens is 252 g/mol. The quantitative estimate of drug-likeness (QED) is 0.643. The second-order valence-corrected chi connectivity index (χ2v) is 4.40. The van der Waals surface area contributed by atoms with Crippen LogP contribution < -0.4 is 10.3 Å². The monoisotopic (exact) mass is 257 g/mol. The first-order valence-corrected chi connectivity index (χ1v) is 5.50. The number of phosphoric acid groups is 1. The van der Waals surface area contributed by atoms with E-state index < -0.39 is 7.82 Å². The zero-order valence-corrected chi connectivity index (χ0v) is 9.09. The molecule has 3 N–H and O–H groups in total. The smallest absolute Gasteiger partial charge is 0.402 e. The SMILES string of the molecule is Nc1ccc(OP(=O)(O)OCl)c(Cl)c1. The van der Waals surface area contributed by atoms with Crippen LogP contribution in [0.1, 0.15) is 0 Å². The van der Waals surface area contributed by atoms with Crippen LogP contribution in [-0.2, 0) is 8.64 Å². The number of halogens is 2. The Morgan fingerprint density at radius 2 is 2.14 bits per heavy atom. The molecule has 14 heavy (non-hydrogen) atoms. The van der Waals surface area contributed by atoms with Crippen molar-refractivity contribution >= 4 is 37.0 Å². The van der Waals surface area contributed by atoms with Crippen molar-refractivity contribution in [1.82, 2.24) is 0 Å². The van der Waals surface area contributed by atoms with Gasteiger partial charge in [0.2, 0.25) is 0 Å². The highest BCUT2D eigenvalue weighted by Crippen LogP contribution is 2.46. The van der Waals surface area contributed by atoms with Gasteiger partial charge >= 0.3 is 7.82 Å². The molecule has 8 heteroatoms. The van der Waals surface area contributed by atoms with Gasteiger partial charge in [-0.2, -0.15) is 4.08 Å². The van der Waals surface area contributed by atoms with Crippen LogP contribution in [0.3, 0.4) is 0 Å². The van der Waals surface area contributed by atoms with E-state index in [2.05, 4.69) is 8.60 Å². The summed E-state index contributed by atoms with van der Waals surface area (Å²) < 4.78 is 19.1. The number of rotatable bonds is 3. The molecule has 0 fully saturated rings. The molecule has 0 spiro atoms. The molecule has 0 aromatic heterocycles. The highest BCUT2D eigenvalue weighted by Gasteiger charge is 2.23. The first-order valence-electron chi connectivity index (χ1n) is 3.32. The summed E-state index contributed by atoms with van der Waals surface area (Å²) in [4.78, 5) is 8.86. The fourth-order valence-corrected chi connectivity index (χ4v) is 1.53. The Morgan fingerprint density at radius 3 is 2.64 bits per heavy atom. The lowest BCUT2D eigenvalue weighted by Gasteiger charge is -2.09. The van der Waals surface area contributed by atoms with Gasteiger partial charge in [0.1, 0.15) is 5.75 Å². The van der Waals surface area contributed by atoms with E-state index in [0.717, 1.165) is 0 Å². The standard InChI is InChI=1S/C6H6Cl2NO4P/c7-5-3-4(9)1-2-6(5)12-14(10,11)13-8/h1-3H,9H2,(H,10,11). The third kappa shape index (κ3) is 3.04. The molecule has 78 valence electrons. The predicted octanol–water partition coefficient (Wildman–Crippen LogP) is 2.57. The first-order chi connectivity index (χ1) is 6.44. The van der Waals surface area contributed by atoms with E-state index in [1.165, 1.54) is 18.2 Å². The molecule has 1 atom stereocenters. The predicted molar refractivity (Wildman–Crippen MR) is 53.3 cm³/mol. The second-order valence-electron chi connectivity index (χ2n) is 2.32. The molecule has 0 aliphatic carbocycles. The van der Waals surface area contributed by atoms with E-state index in [1.807, 2.05) is 0 Å². The zero-order valence-electron chi connectivity index (χ0n) is 6.68. The molecule has 0 heterocycles. The van der Waals surface area contributed by atoms with Crippen molar-refractivity contribution < 1.29 is 18.1 Å². The normalized spacial score (nSPS) is 14.8. The van der Waals surface area contributed by atoms with E-state index in [0.29, 0.717) is 5.69 Å². The van der Waals surface area contributed by atoms with Crippen LogP contribution in [0.25, 0.3) is 0 Å². The van der Waals surface area contributed by atoms with Gasteiger partial charge in [-0.15, -0.1) is 0 Å². The van der Waals surface area contributed by atoms with Crippen molar-refractivity contribution in [2.45, 2.75) is 0 Å². The van der Waals surface area contributed by atoms with Crippen LogP contribution in [0.5, 0.6) is 5.75 Å². The first kappa shape index (κ1) is 11.6. The highest BCUT2D eigenvalue weighted by molar-refractivity contribution is 7.48. The van der Waals surface area contributed by atoms with Gasteiger partial charge in [-0.25, -0.2) is 4.57 Å². The number of benzene rings is 1. The minimum absolute atomic E-state index is 0.0349. The average molecular weight is 258 g/mol. The van der Waals surface area contributed by atoms with Crippen molar-refractivity contribution in [2.75, 3.05) is 5.73 Å². The van der Waals surface area contributed by atoms with Gasteiger partial charge in [-0.3, -0.25) is 4.89 Å². The van der Waals surface area contributed by atoms with Gasteiger partial charge in [0.25, 0.3) is 0 Å². The van der Waals surface area contributed by atoms with Crippen molar-refractivity contribution in [3.05, 3.63) is 23.2 Å². The summed E-state index contributed by atoms with van der Waals surface area (Å²) in [5.41, 5.74) is 5.80. The Hall–Kier alpha value is -0.450. The van der Waals surface area contributed by atoms with E-state index in [9.17, 15) is 4.57 Å². The minimum atomic E-state index is -4.30. The van der Waals surface area contributed by atoms with E-state index in [1.54, 1.807) is 0 Å². The van der Waals surface area contributed by atoms with Crippen LogP contribution >= 0.6 is 31.3 Å². The Balaban J connectivity index is 2.93. The van der Waals surface area contributed by atoms with Gasteiger partial charge in [-0.05, 0) is 18.2 Å². The molecule has 0 aliphatic rings. The largest absolute Gasteiger partial charge is 0.544 e. The molecule has 1 rings (SSSR count). The lowest BCUT2D eigenvalue weighted by atomic mass is 10.3. The number of phosphoric ester groups is 1. The molecular formula is C6H6Cl2NO4P. The van der Waals surface area contributed by atoms with Crippen LogP contribution in [0, 0.1) is 0 Å². The van der Waals surface area contributed by atoms with E-state index in [-0.39, 0.29) is 10.8 Å². The maximum Gasteiger partial charge on any atom is 0.544 e. The van der Waals surface area contributed by atoms with Crippen LogP contribution in [0.4, 0.5) is 5.69 Å². The minimum Gasteiger partial charge on any atom is -0.402 e. The van der Waals surface area contributed by atoms with Crippen LogP contribution in [0.15, 0.2) is 18.2 Å². The lowest BCUT2D eigenvalue weighted by Crippen LogP contribution is -1.93. The van der Waals surface area contributed by atoms with Gasteiger partial charge in [0, 0.05) is 5.69 Å². The van der Waals surface area contributed by atoms with Crippen LogP contribution in [0.2, 0.25) is 5.02 Å². The lowest BCUT2D eigenvalue weighted by molar-refractivity contribution is 0.300. The Bertz CT molecular complexity index is 386. The Morgan fingerprint density at radius 1 is 1.50 bits per heavy atom. The van der Waals surface area contributed by atoms with Gasteiger partial charge < -0.3 is 10.3 Å². The van der Waals surface area contributed by atoms with Crippen molar-refractivity contribution in [3.63, 3.8) is 0 Å². The zero-order chi connectivity index (χ0) is 10.8. The van der Waals surface area contributed by atoms with Gasteiger partial charge in [0.05, 0.1) is 16.9 Å². The molecule has 0 bridgehead atoms. The summed E-state index contributed by atoms with van der Waals surface area (Å²) >= 11 is 10.4. The number of nitrogen functional groups attached to an aromatic ring is 1. The fraction of sp³-hybridized carbons (Fsp3) is 0. The second kappa shape index (κ2) is 4.38. The molecule has 5 nitrogen and oxygen atoms in total. The number of hydrogen-bond acceptors (Lipinski definition) is 4. The molecule has 1 aromatic carbocycles. The molecule has 0 saturated carbocycles. The number of nitrogens with two attached hydrogens (primary N) is 1. The number of anilines is 1. The molecule has 0 aliphatic heterocycles. The van der Waals surface area contributed by atoms with Gasteiger partial charge in [0.15, 0.2) is 0 Å². The highest BCUT2D eigenvalue weighted by atomic mass is 35.5. The molecule has 1 unspecified atom stereocenters. The summed E-state index contributed by atoms with van der Waals surface area (Å²) in [6.45, 7) is 0. The van der Waals surface area contributed by atoms with E-state index >= 15 is 0 Å². The third-order valence-electron chi connectivity index (χ3n) is 1.26. The van der Waals surface area contributed by atoms with Crippen LogP contribution in [-0.4, -0.2) is 4.89 Å². The average Bonchev–Trinajstić information content (AvgIpc) is 2.10. The van der Waals surface area contributed by atoms with Crippen molar-refractivity contribution in [1.29, 1.82) is 0 Å². The maximum atomic E-state index is 10.9. The summed E-state index contributed by atoms with van der Waals surface area (Å²) in [6.07, 6.45) is 0. The number of hydrogen-bond donors (Lipinski definition) is 2. The summed E-state index contributed by atoms with van der Waals surface area (Å²) in [6, 6.07) is 4.15. The topological polar surface area (TPSA) is 81.8 Å². The Kier molecular flexibility index (Phi) is 3.64.